The molecule has 4 atom stereocenters. The summed E-state index contributed by atoms with van der Waals surface area (Å²) in [5, 5.41) is 15.7. The van der Waals surface area contributed by atoms with E-state index in [9.17, 15) is 33.9 Å². The van der Waals surface area contributed by atoms with E-state index < -0.39 is 34.0 Å². The van der Waals surface area contributed by atoms with E-state index in [0.717, 1.165) is 0 Å². The fourth-order valence-electron chi connectivity index (χ4n) is 5.92. The number of carbonyl (C=O) groups is 6. The minimum atomic E-state index is -1.23. The number of nitrogens with two attached hydrogens (primary N) is 1. The molecule has 2 aromatic carbocycles. The van der Waals surface area contributed by atoms with Crippen LogP contribution in [-0.4, -0.2) is 53.5 Å². The van der Waals surface area contributed by atoms with Gasteiger partial charge in [0.2, 0.25) is 11.8 Å². The summed E-state index contributed by atoms with van der Waals surface area (Å²) in [6.07, 6.45) is 0.585. The molecule has 0 fully saturated rings. The number of hydrogen-bond donors (Lipinski definition) is 4. The number of carboxylic acids is 1. The lowest BCUT2D eigenvalue weighted by Crippen LogP contribution is -2.48. The summed E-state index contributed by atoms with van der Waals surface area (Å²) in [5.74, 6) is -3.97. The second-order valence-corrected chi connectivity index (χ2v) is 14.4. The molecule has 4 unspecified atom stereocenters. The van der Waals surface area contributed by atoms with Gasteiger partial charge in [-0.15, -0.1) is 0 Å². The highest BCUT2D eigenvalue weighted by atomic mass is 16.4. The number of Topliss-reactive ketones (excluding diaryl/α,β-unsaturated/α-hetero) is 1. The van der Waals surface area contributed by atoms with Crippen molar-refractivity contribution in [3.05, 3.63) is 71.3 Å². The van der Waals surface area contributed by atoms with Crippen LogP contribution in [0.4, 0.5) is 0 Å². The van der Waals surface area contributed by atoms with E-state index in [1.165, 1.54) is 6.92 Å². The zero-order chi connectivity index (χ0) is 36.4. The standard InChI is InChI=1S/C38H53N3O7/c1-24(2)37(7,35(47)48)22-30(32(39)44)21-36(6,26(5)42)23-38(8,25(3)4)34(46)41-20-12-19-40-33(45)29-17-15-28(16-18-29)31(43)27-13-10-9-11-14-27/h9-11,13-18,24-25,30H,12,19-23H2,1-8H3,(H2,39,44)(H,40,45)(H,41,46)(H,47,48). The first kappa shape index (κ1) is 39.8. The molecular formula is C38H53N3O7. The topological polar surface area (TPSA) is 173 Å². The molecule has 10 heteroatoms. The molecule has 0 aliphatic heterocycles. The van der Waals surface area contributed by atoms with Crippen LogP contribution < -0.4 is 16.4 Å². The van der Waals surface area contributed by atoms with Gasteiger partial charge >= 0.3 is 5.97 Å². The van der Waals surface area contributed by atoms with E-state index in [-0.39, 0.29) is 61.0 Å². The molecule has 262 valence electrons. The Morgan fingerprint density at radius 2 is 1.23 bits per heavy atom. The van der Waals surface area contributed by atoms with Gasteiger partial charge in [0.1, 0.15) is 5.78 Å². The van der Waals surface area contributed by atoms with Crippen molar-refractivity contribution in [1.29, 1.82) is 0 Å². The first-order chi connectivity index (χ1) is 22.3. The predicted molar refractivity (Wildman–Crippen MR) is 185 cm³/mol. The average Bonchev–Trinajstić information content (AvgIpc) is 3.03. The molecule has 0 spiro atoms. The Morgan fingerprint density at radius 1 is 0.729 bits per heavy atom. The average molecular weight is 664 g/mol. The van der Waals surface area contributed by atoms with Crippen molar-refractivity contribution >= 4 is 35.3 Å². The van der Waals surface area contributed by atoms with Crippen LogP contribution in [0.25, 0.3) is 0 Å². The highest BCUT2D eigenvalue weighted by Gasteiger charge is 2.48. The Morgan fingerprint density at radius 3 is 1.71 bits per heavy atom. The maximum absolute atomic E-state index is 13.6. The number of hydrogen-bond acceptors (Lipinski definition) is 6. The third kappa shape index (κ3) is 9.84. The lowest BCUT2D eigenvalue weighted by atomic mass is 9.61. The fraction of sp³-hybridized carbons (Fsp3) is 0.526. The van der Waals surface area contributed by atoms with Crippen LogP contribution in [0.5, 0.6) is 0 Å². The molecule has 48 heavy (non-hydrogen) atoms. The Balaban J connectivity index is 2.03. The molecular weight excluding hydrogens is 610 g/mol. The van der Waals surface area contributed by atoms with E-state index >= 15 is 0 Å². The maximum Gasteiger partial charge on any atom is 0.309 e. The quantitative estimate of drug-likeness (QED) is 0.115. The summed E-state index contributed by atoms with van der Waals surface area (Å²) >= 11 is 0. The molecule has 0 saturated heterocycles. The number of ketones is 2. The van der Waals surface area contributed by atoms with Crippen LogP contribution in [-0.2, 0) is 19.2 Å². The zero-order valence-corrected chi connectivity index (χ0v) is 29.6. The summed E-state index contributed by atoms with van der Waals surface area (Å²) in [4.78, 5) is 76.8. The van der Waals surface area contributed by atoms with Gasteiger partial charge in [-0.3, -0.25) is 28.8 Å². The van der Waals surface area contributed by atoms with Crippen molar-refractivity contribution < 1.29 is 33.9 Å². The zero-order valence-electron chi connectivity index (χ0n) is 29.6. The molecule has 0 heterocycles. The highest BCUT2D eigenvalue weighted by Crippen LogP contribution is 2.46. The number of carbonyl (C=O) groups excluding carboxylic acids is 5. The van der Waals surface area contributed by atoms with Gasteiger partial charge in [-0.2, -0.15) is 0 Å². The van der Waals surface area contributed by atoms with Gasteiger partial charge in [-0.1, -0.05) is 84.0 Å². The molecule has 0 saturated carbocycles. The Hall–Kier alpha value is -4.34. The normalized spacial score (nSPS) is 15.8. The first-order valence-electron chi connectivity index (χ1n) is 16.6. The smallest absolute Gasteiger partial charge is 0.309 e. The molecule has 2 aromatic rings. The van der Waals surface area contributed by atoms with Crippen LogP contribution >= 0.6 is 0 Å². The van der Waals surface area contributed by atoms with Gasteiger partial charge in [-0.05, 0) is 63.5 Å². The van der Waals surface area contributed by atoms with Crippen LogP contribution in [0.1, 0.15) is 107 Å². The second kappa shape index (κ2) is 16.7. The van der Waals surface area contributed by atoms with Crippen molar-refractivity contribution in [2.75, 3.05) is 13.1 Å². The predicted octanol–water partition coefficient (Wildman–Crippen LogP) is 5.43. The third-order valence-corrected chi connectivity index (χ3v) is 10.3. The molecule has 0 bridgehead atoms. The number of carboxylic acid groups (broad SMARTS) is 1. The van der Waals surface area contributed by atoms with E-state index in [2.05, 4.69) is 10.6 Å². The monoisotopic (exact) mass is 663 g/mol. The van der Waals surface area contributed by atoms with Crippen molar-refractivity contribution in [2.24, 2.45) is 39.7 Å². The molecule has 0 radical (unpaired) electrons. The van der Waals surface area contributed by atoms with Gasteiger partial charge in [0.25, 0.3) is 5.91 Å². The van der Waals surface area contributed by atoms with Crippen LogP contribution in [0.2, 0.25) is 0 Å². The summed E-state index contributed by atoms with van der Waals surface area (Å²) in [6, 6.07) is 15.3. The summed E-state index contributed by atoms with van der Waals surface area (Å²) in [6.45, 7) is 14.4. The Labute approximate surface area is 284 Å². The summed E-state index contributed by atoms with van der Waals surface area (Å²) in [5.41, 5.74) is 3.87. The van der Waals surface area contributed by atoms with Crippen molar-refractivity contribution in [3.63, 3.8) is 0 Å². The van der Waals surface area contributed by atoms with Crippen molar-refractivity contribution in [3.8, 4) is 0 Å². The van der Waals surface area contributed by atoms with E-state index in [0.29, 0.717) is 29.7 Å². The number of aliphatic carboxylic acids is 1. The van der Waals surface area contributed by atoms with Crippen LogP contribution in [0.3, 0.4) is 0 Å². The molecule has 3 amide bonds. The van der Waals surface area contributed by atoms with E-state index in [1.54, 1.807) is 83.1 Å². The molecule has 5 N–H and O–H groups in total. The van der Waals surface area contributed by atoms with Gasteiger partial charge < -0.3 is 21.5 Å². The van der Waals surface area contributed by atoms with Crippen LogP contribution in [0.15, 0.2) is 54.6 Å². The SMILES string of the molecule is CC(=O)C(C)(CC(CC(C)(C(=O)O)C(C)C)C(N)=O)CC(C)(C(=O)NCCCNC(=O)c1ccc(C(=O)c2ccccc2)cc1)C(C)C. The number of nitrogens with one attached hydrogen (secondary N) is 2. The van der Waals surface area contributed by atoms with Crippen molar-refractivity contribution in [2.45, 2.75) is 81.1 Å². The summed E-state index contributed by atoms with van der Waals surface area (Å²) in [7, 11) is 0. The first-order valence-corrected chi connectivity index (χ1v) is 16.6. The van der Waals surface area contributed by atoms with Crippen LogP contribution in [0, 0.1) is 34.0 Å². The second-order valence-electron chi connectivity index (χ2n) is 14.4. The van der Waals surface area contributed by atoms with Gasteiger partial charge in [0.15, 0.2) is 5.78 Å². The molecule has 10 nitrogen and oxygen atoms in total. The summed E-state index contributed by atoms with van der Waals surface area (Å²) < 4.78 is 0. The van der Waals surface area contributed by atoms with Gasteiger partial charge in [0, 0.05) is 46.5 Å². The molecule has 2 rings (SSSR count). The third-order valence-electron chi connectivity index (χ3n) is 10.3. The maximum atomic E-state index is 13.6. The number of benzene rings is 2. The van der Waals surface area contributed by atoms with Gasteiger partial charge in [0.05, 0.1) is 5.41 Å². The lowest BCUT2D eigenvalue weighted by Gasteiger charge is -2.42. The number of primary amides is 1. The van der Waals surface area contributed by atoms with Crippen molar-refractivity contribution in [1.82, 2.24) is 10.6 Å². The largest absolute Gasteiger partial charge is 0.481 e. The minimum absolute atomic E-state index is 0.0233. The lowest BCUT2D eigenvalue weighted by molar-refractivity contribution is -0.152. The molecule has 0 aliphatic carbocycles. The highest BCUT2D eigenvalue weighted by molar-refractivity contribution is 6.09. The Bertz CT molecular complexity index is 1470. The van der Waals surface area contributed by atoms with E-state index in [4.69, 9.17) is 5.73 Å². The Kier molecular flexibility index (Phi) is 13.8. The van der Waals surface area contributed by atoms with Gasteiger partial charge in [-0.25, -0.2) is 0 Å². The molecule has 0 aliphatic rings. The fourth-order valence-corrected chi connectivity index (χ4v) is 5.92. The van der Waals surface area contributed by atoms with E-state index in [1.807, 2.05) is 19.9 Å². The minimum Gasteiger partial charge on any atom is -0.481 e. The molecule has 0 aromatic heterocycles. The number of rotatable bonds is 19. The number of amides is 3.